The summed E-state index contributed by atoms with van der Waals surface area (Å²) in [5.74, 6) is 0.749. The van der Waals surface area contributed by atoms with E-state index >= 15 is 0 Å². The molecule has 0 aromatic carbocycles. The molecule has 0 fully saturated rings. The molecule has 3 aromatic rings. The van der Waals surface area contributed by atoms with Crippen molar-refractivity contribution in [2.45, 2.75) is 0 Å². The van der Waals surface area contributed by atoms with E-state index in [4.69, 9.17) is 11.6 Å². The number of thiophene rings is 1. The fourth-order valence-corrected chi connectivity index (χ4v) is 2.25. The molecule has 0 aliphatic rings. The molecular formula is C9H5ClN4S. The lowest BCUT2D eigenvalue weighted by Gasteiger charge is -1.98. The van der Waals surface area contributed by atoms with Crippen LogP contribution in [0.3, 0.4) is 0 Å². The van der Waals surface area contributed by atoms with Crippen molar-refractivity contribution in [2.75, 3.05) is 0 Å². The number of fused-ring (bicyclic) bond motifs is 1. The fraction of sp³-hybridized carbons (Fsp3) is 0. The van der Waals surface area contributed by atoms with Crippen molar-refractivity contribution in [3.63, 3.8) is 0 Å². The summed E-state index contributed by atoms with van der Waals surface area (Å²) in [6.07, 6.45) is 3.21. The molecule has 0 saturated heterocycles. The number of rotatable bonds is 1. The SMILES string of the molecule is Clc1cncc2nnc(-c3ccsc3)n12. The summed E-state index contributed by atoms with van der Waals surface area (Å²) in [7, 11) is 0. The standard InChI is InChI=1S/C9H5ClN4S/c10-7-3-11-4-8-12-13-9(14(7)8)6-1-2-15-5-6/h1-5H. The van der Waals surface area contributed by atoms with E-state index in [0.717, 1.165) is 11.4 Å². The lowest BCUT2D eigenvalue weighted by atomic mass is 10.3. The van der Waals surface area contributed by atoms with E-state index in [1.165, 1.54) is 0 Å². The summed E-state index contributed by atoms with van der Waals surface area (Å²) in [5.41, 5.74) is 1.67. The first-order chi connectivity index (χ1) is 7.36. The summed E-state index contributed by atoms with van der Waals surface area (Å²) >= 11 is 7.66. The van der Waals surface area contributed by atoms with Crippen LogP contribution in [-0.4, -0.2) is 19.6 Å². The predicted octanol–water partition coefficient (Wildman–Crippen LogP) is 2.51. The van der Waals surface area contributed by atoms with Crippen molar-refractivity contribution in [1.82, 2.24) is 19.6 Å². The second kappa shape index (κ2) is 3.29. The van der Waals surface area contributed by atoms with Crippen LogP contribution in [-0.2, 0) is 0 Å². The van der Waals surface area contributed by atoms with Crippen molar-refractivity contribution in [2.24, 2.45) is 0 Å². The zero-order chi connectivity index (χ0) is 10.3. The second-order valence-electron chi connectivity index (χ2n) is 2.96. The molecule has 0 aliphatic carbocycles. The van der Waals surface area contributed by atoms with Gasteiger partial charge < -0.3 is 0 Å². The molecule has 4 nitrogen and oxygen atoms in total. The van der Waals surface area contributed by atoms with E-state index in [2.05, 4.69) is 15.2 Å². The molecule has 0 atom stereocenters. The predicted molar refractivity (Wildman–Crippen MR) is 59.1 cm³/mol. The van der Waals surface area contributed by atoms with E-state index in [0.29, 0.717) is 10.8 Å². The first-order valence-corrected chi connectivity index (χ1v) is 5.55. The topological polar surface area (TPSA) is 43.1 Å². The van der Waals surface area contributed by atoms with Crippen LogP contribution in [0.25, 0.3) is 17.0 Å². The van der Waals surface area contributed by atoms with Gasteiger partial charge in [-0.25, -0.2) is 0 Å². The smallest absolute Gasteiger partial charge is 0.180 e. The molecule has 74 valence electrons. The molecule has 0 bridgehead atoms. The highest BCUT2D eigenvalue weighted by molar-refractivity contribution is 7.08. The summed E-state index contributed by atoms with van der Waals surface area (Å²) in [4.78, 5) is 3.95. The molecule has 0 radical (unpaired) electrons. The highest BCUT2D eigenvalue weighted by atomic mass is 35.5. The summed E-state index contributed by atoms with van der Waals surface area (Å²) < 4.78 is 1.77. The Balaban J connectivity index is 2.37. The quantitative estimate of drug-likeness (QED) is 0.652. The van der Waals surface area contributed by atoms with Crippen molar-refractivity contribution >= 4 is 28.6 Å². The Labute approximate surface area is 94.2 Å². The van der Waals surface area contributed by atoms with Crippen molar-refractivity contribution in [1.29, 1.82) is 0 Å². The second-order valence-corrected chi connectivity index (χ2v) is 4.13. The van der Waals surface area contributed by atoms with E-state index in [9.17, 15) is 0 Å². The monoisotopic (exact) mass is 236 g/mol. The number of hydrogen-bond donors (Lipinski definition) is 0. The molecule has 0 saturated carbocycles. The Bertz CT molecular complexity index is 602. The molecule has 15 heavy (non-hydrogen) atoms. The Morgan fingerprint density at radius 1 is 1.27 bits per heavy atom. The summed E-state index contributed by atoms with van der Waals surface area (Å²) in [6, 6.07) is 1.98. The van der Waals surface area contributed by atoms with Crippen molar-refractivity contribution < 1.29 is 0 Å². The minimum Gasteiger partial charge on any atom is -0.262 e. The van der Waals surface area contributed by atoms with E-state index < -0.39 is 0 Å². The van der Waals surface area contributed by atoms with Crippen molar-refractivity contribution in [3.05, 3.63) is 34.4 Å². The van der Waals surface area contributed by atoms with Crippen molar-refractivity contribution in [3.8, 4) is 11.4 Å². The third kappa shape index (κ3) is 1.32. The normalized spacial score (nSPS) is 11.0. The van der Waals surface area contributed by atoms with Crippen LogP contribution in [0.2, 0.25) is 5.15 Å². The minimum absolute atomic E-state index is 0.513. The first-order valence-electron chi connectivity index (χ1n) is 4.23. The maximum absolute atomic E-state index is 6.04. The maximum atomic E-state index is 6.04. The molecule has 6 heteroatoms. The van der Waals surface area contributed by atoms with Gasteiger partial charge in [-0.05, 0) is 11.4 Å². The van der Waals surface area contributed by atoms with Gasteiger partial charge in [0.1, 0.15) is 5.15 Å². The Morgan fingerprint density at radius 2 is 2.20 bits per heavy atom. The maximum Gasteiger partial charge on any atom is 0.180 e. The van der Waals surface area contributed by atoms with E-state index in [1.54, 1.807) is 28.1 Å². The summed E-state index contributed by atoms with van der Waals surface area (Å²) in [5, 5.41) is 12.6. The number of nitrogens with zero attached hydrogens (tertiary/aromatic N) is 4. The molecule has 3 rings (SSSR count). The van der Waals surface area contributed by atoms with E-state index in [-0.39, 0.29) is 0 Å². The molecule has 0 N–H and O–H groups in total. The van der Waals surface area contributed by atoms with Gasteiger partial charge >= 0.3 is 0 Å². The third-order valence-corrected chi connectivity index (χ3v) is 3.00. The van der Waals surface area contributed by atoms with Crippen LogP contribution < -0.4 is 0 Å². The number of hydrogen-bond acceptors (Lipinski definition) is 4. The molecule has 0 unspecified atom stereocenters. The molecule has 0 aliphatic heterocycles. The molecule has 0 spiro atoms. The van der Waals surface area contributed by atoms with Gasteiger partial charge in [-0.3, -0.25) is 9.38 Å². The van der Waals surface area contributed by atoms with Crippen LogP contribution >= 0.6 is 22.9 Å². The van der Waals surface area contributed by atoms with Gasteiger partial charge in [-0.15, -0.1) is 10.2 Å². The van der Waals surface area contributed by atoms with Gasteiger partial charge in [0, 0.05) is 10.9 Å². The average Bonchev–Trinajstić information content (AvgIpc) is 2.85. The van der Waals surface area contributed by atoms with E-state index in [1.807, 2.05) is 16.8 Å². The van der Waals surface area contributed by atoms with Gasteiger partial charge in [0.25, 0.3) is 0 Å². The van der Waals surface area contributed by atoms with Gasteiger partial charge in [-0.2, -0.15) is 11.3 Å². The molecular weight excluding hydrogens is 232 g/mol. The zero-order valence-electron chi connectivity index (χ0n) is 7.46. The Morgan fingerprint density at radius 3 is 3.00 bits per heavy atom. The molecule has 3 heterocycles. The minimum atomic E-state index is 0.513. The zero-order valence-corrected chi connectivity index (χ0v) is 9.03. The fourth-order valence-electron chi connectivity index (χ4n) is 1.39. The highest BCUT2D eigenvalue weighted by Crippen LogP contribution is 2.23. The van der Waals surface area contributed by atoms with Gasteiger partial charge in [0.2, 0.25) is 0 Å². The van der Waals surface area contributed by atoms with Crippen LogP contribution in [0.4, 0.5) is 0 Å². The lowest BCUT2D eigenvalue weighted by Crippen LogP contribution is -1.90. The van der Waals surface area contributed by atoms with Crippen LogP contribution in [0.1, 0.15) is 0 Å². The number of halogens is 1. The van der Waals surface area contributed by atoms with Crippen LogP contribution in [0.5, 0.6) is 0 Å². The lowest BCUT2D eigenvalue weighted by molar-refractivity contribution is 1.11. The Kier molecular flexibility index (Phi) is 1.93. The van der Waals surface area contributed by atoms with Crippen LogP contribution in [0, 0.1) is 0 Å². The summed E-state index contributed by atoms with van der Waals surface area (Å²) in [6.45, 7) is 0. The molecule has 0 amide bonds. The largest absolute Gasteiger partial charge is 0.262 e. The highest BCUT2D eigenvalue weighted by Gasteiger charge is 2.10. The third-order valence-electron chi connectivity index (χ3n) is 2.05. The molecule has 3 aromatic heterocycles. The van der Waals surface area contributed by atoms with Gasteiger partial charge in [0.15, 0.2) is 11.5 Å². The Hall–Kier alpha value is -1.46. The first kappa shape index (κ1) is 8.82. The van der Waals surface area contributed by atoms with Crippen LogP contribution in [0.15, 0.2) is 29.2 Å². The van der Waals surface area contributed by atoms with Gasteiger partial charge in [-0.1, -0.05) is 11.6 Å². The number of aromatic nitrogens is 4. The van der Waals surface area contributed by atoms with Gasteiger partial charge in [0.05, 0.1) is 12.4 Å². The average molecular weight is 237 g/mol.